The Kier molecular flexibility index (Phi) is 4.42. The van der Waals surface area contributed by atoms with E-state index in [-0.39, 0.29) is 5.92 Å². The zero-order valence-electron chi connectivity index (χ0n) is 12.0. The molecule has 0 radical (unpaired) electrons. The van der Waals surface area contributed by atoms with Gasteiger partial charge >= 0.3 is 5.97 Å². The molecule has 4 nitrogen and oxygen atoms in total. The molecule has 20 heavy (non-hydrogen) atoms. The third-order valence-electron chi connectivity index (χ3n) is 3.69. The van der Waals surface area contributed by atoms with Gasteiger partial charge < -0.3 is 9.94 Å². The summed E-state index contributed by atoms with van der Waals surface area (Å²) in [6.07, 6.45) is 4.16. The number of carboxylic acid groups (broad SMARTS) is 1. The third-order valence-corrected chi connectivity index (χ3v) is 3.69. The van der Waals surface area contributed by atoms with Crippen LogP contribution in [0, 0.1) is 0 Å². The standard InChI is InChI=1S/C16H21NO3/c1-16(2,15(18)19)20-17-14-11-7-6-10-13(14)12-8-4-3-5-9-12/h3-5,8-9,13H,6-7,10-11H2,1-2H3,(H,18,19)/b17-14-. The molecule has 0 bridgehead atoms. The molecule has 1 N–H and O–H groups in total. The second-order valence-corrected chi connectivity index (χ2v) is 5.70. The van der Waals surface area contributed by atoms with E-state index in [0.29, 0.717) is 0 Å². The van der Waals surface area contributed by atoms with E-state index in [1.54, 1.807) is 0 Å². The number of carboxylic acids is 1. The maximum atomic E-state index is 11.1. The highest BCUT2D eigenvalue weighted by Gasteiger charge is 2.31. The monoisotopic (exact) mass is 275 g/mol. The largest absolute Gasteiger partial charge is 0.478 e. The summed E-state index contributed by atoms with van der Waals surface area (Å²) in [7, 11) is 0. The number of carbonyl (C=O) groups is 1. The van der Waals surface area contributed by atoms with E-state index in [1.165, 1.54) is 25.8 Å². The zero-order chi connectivity index (χ0) is 14.6. The molecule has 1 aliphatic carbocycles. The van der Waals surface area contributed by atoms with E-state index in [9.17, 15) is 4.79 Å². The maximum Gasteiger partial charge on any atom is 0.350 e. The summed E-state index contributed by atoms with van der Waals surface area (Å²) in [5.41, 5.74) is 0.894. The molecule has 108 valence electrons. The van der Waals surface area contributed by atoms with Gasteiger partial charge in [-0.25, -0.2) is 4.79 Å². The van der Waals surface area contributed by atoms with E-state index >= 15 is 0 Å². The highest BCUT2D eigenvalue weighted by molar-refractivity contribution is 5.91. The Hall–Kier alpha value is -1.84. The highest BCUT2D eigenvalue weighted by Crippen LogP contribution is 2.31. The van der Waals surface area contributed by atoms with Crippen molar-refractivity contribution < 1.29 is 14.7 Å². The smallest absolute Gasteiger partial charge is 0.350 e. The lowest BCUT2D eigenvalue weighted by molar-refractivity contribution is -0.161. The average molecular weight is 275 g/mol. The molecule has 1 unspecified atom stereocenters. The van der Waals surface area contributed by atoms with Crippen LogP contribution in [0.25, 0.3) is 0 Å². The van der Waals surface area contributed by atoms with E-state index in [2.05, 4.69) is 17.3 Å². The molecule has 4 heteroatoms. The van der Waals surface area contributed by atoms with Crippen molar-refractivity contribution in [1.29, 1.82) is 0 Å². The number of hydrogen-bond donors (Lipinski definition) is 1. The number of oxime groups is 1. The topological polar surface area (TPSA) is 58.9 Å². The second kappa shape index (κ2) is 6.07. The van der Waals surface area contributed by atoms with Crippen molar-refractivity contribution in [2.24, 2.45) is 5.16 Å². The van der Waals surface area contributed by atoms with Crippen molar-refractivity contribution in [3.05, 3.63) is 35.9 Å². The lowest BCUT2D eigenvalue weighted by Crippen LogP contribution is -2.33. The first-order chi connectivity index (χ1) is 9.50. The summed E-state index contributed by atoms with van der Waals surface area (Å²) in [5.74, 6) is -0.761. The molecular weight excluding hydrogens is 254 g/mol. The molecule has 0 heterocycles. The molecular formula is C16H21NO3. The molecule has 0 spiro atoms. The second-order valence-electron chi connectivity index (χ2n) is 5.70. The summed E-state index contributed by atoms with van der Waals surface area (Å²) >= 11 is 0. The average Bonchev–Trinajstić information content (AvgIpc) is 2.46. The summed E-state index contributed by atoms with van der Waals surface area (Å²) in [6, 6.07) is 10.2. The molecule has 0 aromatic heterocycles. The van der Waals surface area contributed by atoms with E-state index in [0.717, 1.165) is 25.0 Å². The Morgan fingerprint density at radius 1 is 1.30 bits per heavy atom. The number of benzene rings is 1. The van der Waals surface area contributed by atoms with Crippen molar-refractivity contribution in [2.45, 2.75) is 51.0 Å². The summed E-state index contributed by atoms with van der Waals surface area (Å²) in [6.45, 7) is 3.03. The van der Waals surface area contributed by atoms with Crippen LogP contribution < -0.4 is 0 Å². The predicted octanol–water partition coefficient (Wildman–Crippen LogP) is 3.58. The lowest BCUT2D eigenvalue weighted by atomic mass is 9.82. The molecule has 1 atom stereocenters. The SMILES string of the molecule is CC(C)(O/N=C1/CCCCC1c1ccccc1)C(=O)O. The maximum absolute atomic E-state index is 11.1. The van der Waals surface area contributed by atoms with Crippen molar-refractivity contribution in [3.8, 4) is 0 Å². The Bertz CT molecular complexity index is 494. The van der Waals surface area contributed by atoms with Crippen LogP contribution in [-0.4, -0.2) is 22.4 Å². The Morgan fingerprint density at radius 3 is 2.65 bits per heavy atom. The number of nitrogens with zero attached hydrogens (tertiary/aromatic N) is 1. The number of aliphatic carboxylic acids is 1. The zero-order valence-corrected chi connectivity index (χ0v) is 12.0. The molecule has 1 aromatic rings. The Morgan fingerprint density at radius 2 is 2.00 bits per heavy atom. The summed E-state index contributed by atoms with van der Waals surface area (Å²) in [4.78, 5) is 16.3. The van der Waals surface area contributed by atoms with Gasteiger partial charge in [-0.1, -0.05) is 41.9 Å². The fourth-order valence-electron chi connectivity index (χ4n) is 2.36. The predicted molar refractivity (Wildman–Crippen MR) is 77.9 cm³/mol. The van der Waals surface area contributed by atoms with Gasteiger partial charge in [-0.15, -0.1) is 0 Å². The molecule has 0 aliphatic heterocycles. The van der Waals surface area contributed by atoms with Crippen molar-refractivity contribution in [1.82, 2.24) is 0 Å². The number of hydrogen-bond acceptors (Lipinski definition) is 3. The minimum absolute atomic E-state index is 0.245. The quantitative estimate of drug-likeness (QED) is 0.854. The minimum atomic E-state index is -1.29. The van der Waals surface area contributed by atoms with Crippen molar-refractivity contribution >= 4 is 11.7 Å². The van der Waals surface area contributed by atoms with Gasteiger partial charge in [0.05, 0.1) is 5.71 Å². The van der Waals surface area contributed by atoms with Crippen LogP contribution in [0.15, 0.2) is 35.5 Å². The van der Waals surface area contributed by atoms with Crippen LogP contribution in [0.3, 0.4) is 0 Å². The van der Waals surface area contributed by atoms with Gasteiger partial charge in [0.15, 0.2) is 0 Å². The number of rotatable bonds is 4. The van der Waals surface area contributed by atoms with Crippen LogP contribution in [0.1, 0.15) is 51.0 Å². The molecule has 0 saturated heterocycles. The van der Waals surface area contributed by atoms with E-state index in [1.807, 2.05) is 18.2 Å². The molecule has 1 saturated carbocycles. The van der Waals surface area contributed by atoms with Gasteiger partial charge in [-0.3, -0.25) is 0 Å². The first-order valence-corrected chi connectivity index (χ1v) is 7.04. The molecule has 1 aromatic carbocycles. The van der Waals surface area contributed by atoms with Crippen LogP contribution in [0.4, 0.5) is 0 Å². The van der Waals surface area contributed by atoms with Gasteiger partial charge in [0, 0.05) is 5.92 Å². The molecule has 1 fully saturated rings. The normalized spacial score (nSPS) is 21.7. The fourth-order valence-corrected chi connectivity index (χ4v) is 2.36. The van der Waals surface area contributed by atoms with E-state index < -0.39 is 11.6 Å². The van der Waals surface area contributed by atoms with Crippen LogP contribution in [0.2, 0.25) is 0 Å². The Balaban J connectivity index is 2.17. The van der Waals surface area contributed by atoms with Crippen LogP contribution >= 0.6 is 0 Å². The summed E-state index contributed by atoms with van der Waals surface area (Å²) < 4.78 is 0. The van der Waals surface area contributed by atoms with Crippen LogP contribution in [-0.2, 0) is 9.63 Å². The molecule has 2 rings (SSSR count). The fraction of sp³-hybridized carbons (Fsp3) is 0.500. The highest BCUT2D eigenvalue weighted by atomic mass is 16.7. The first kappa shape index (κ1) is 14.6. The Labute approximate surface area is 119 Å². The van der Waals surface area contributed by atoms with Gasteiger partial charge in [0.25, 0.3) is 0 Å². The third kappa shape index (κ3) is 3.38. The minimum Gasteiger partial charge on any atom is -0.478 e. The lowest BCUT2D eigenvalue weighted by Gasteiger charge is -2.25. The van der Waals surface area contributed by atoms with Crippen molar-refractivity contribution in [2.75, 3.05) is 0 Å². The van der Waals surface area contributed by atoms with E-state index in [4.69, 9.17) is 9.94 Å². The van der Waals surface area contributed by atoms with Gasteiger partial charge in [0.1, 0.15) is 0 Å². The molecule has 0 amide bonds. The van der Waals surface area contributed by atoms with Gasteiger partial charge in [-0.05, 0) is 38.7 Å². The summed E-state index contributed by atoms with van der Waals surface area (Å²) in [5, 5.41) is 13.2. The van der Waals surface area contributed by atoms with Crippen molar-refractivity contribution in [3.63, 3.8) is 0 Å². The first-order valence-electron chi connectivity index (χ1n) is 7.04. The van der Waals surface area contributed by atoms with Gasteiger partial charge in [0.2, 0.25) is 5.60 Å². The van der Waals surface area contributed by atoms with Crippen LogP contribution in [0.5, 0.6) is 0 Å². The molecule has 1 aliphatic rings. The van der Waals surface area contributed by atoms with Gasteiger partial charge in [-0.2, -0.15) is 0 Å².